The standard InChI is InChI=1S/C35H33N2O.C12H10N.Ir/c1-23(2)27-13-10-14-28(24(3)4)30(27)21-37-33-16-9-8-15-32(33)36-35(37)31-22-38-34-20-26(17-18-29(31)34)19-25-11-6-5-7-12-25;1-10-7-8-12(13-9-10)11-5-3-2-4-6-11;/h5-18,20,23-24H,19,21H2,1-4H3;2-5,7-9H,1H3;/q2*-1;/i19D2;1D3;. The minimum absolute atomic E-state index is 0. The summed E-state index contributed by atoms with van der Waals surface area (Å²) < 4.78 is 47.5. The summed E-state index contributed by atoms with van der Waals surface area (Å²) in [6.07, 6.45) is 2.87. The second-order valence-corrected chi connectivity index (χ2v) is 13.2. The van der Waals surface area contributed by atoms with Crippen LogP contribution in [0.1, 0.15) is 79.8 Å². The van der Waals surface area contributed by atoms with Crippen LogP contribution < -0.4 is 0 Å². The molecule has 4 nitrogen and oxygen atoms in total. The number of hydrogen-bond acceptors (Lipinski definition) is 3. The maximum atomic E-state index is 8.79. The summed E-state index contributed by atoms with van der Waals surface area (Å²) in [7, 11) is 0. The molecule has 3 aromatic heterocycles. The van der Waals surface area contributed by atoms with Gasteiger partial charge in [-0.25, -0.2) is 0 Å². The number of benzene rings is 5. The first-order valence-corrected chi connectivity index (χ1v) is 17.3. The molecule has 0 N–H and O–H groups in total. The molecule has 0 bridgehead atoms. The van der Waals surface area contributed by atoms with Gasteiger partial charge in [0.05, 0.1) is 16.9 Å². The van der Waals surface area contributed by atoms with Crippen molar-refractivity contribution in [3.05, 3.63) is 179 Å². The van der Waals surface area contributed by atoms with Gasteiger partial charge in [0.1, 0.15) is 0 Å². The number of pyridine rings is 1. The van der Waals surface area contributed by atoms with E-state index < -0.39 is 13.2 Å². The second-order valence-electron chi connectivity index (χ2n) is 13.2. The number of furan rings is 1. The van der Waals surface area contributed by atoms with Crippen molar-refractivity contribution in [1.82, 2.24) is 14.5 Å². The Labute approximate surface area is 328 Å². The Kier molecular flexibility index (Phi) is 9.69. The van der Waals surface area contributed by atoms with Gasteiger partial charge in [-0.2, -0.15) is 0 Å². The fraction of sp³-hybridized carbons (Fsp3) is 0.191. The second kappa shape index (κ2) is 16.5. The van der Waals surface area contributed by atoms with E-state index in [-0.39, 0.29) is 25.7 Å². The van der Waals surface area contributed by atoms with Crippen LogP contribution in [0.15, 0.2) is 138 Å². The Balaban J connectivity index is 0.000000271. The van der Waals surface area contributed by atoms with E-state index in [1.807, 2.05) is 72.8 Å². The molecule has 0 amide bonds. The molecular formula is C47H43IrN3O-2. The molecule has 0 fully saturated rings. The van der Waals surface area contributed by atoms with Crippen LogP contribution in [0.25, 0.3) is 44.6 Å². The Morgan fingerprint density at radius 1 is 0.788 bits per heavy atom. The summed E-state index contributed by atoms with van der Waals surface area (Å²) in [6.45, 7) is 7.59. The van der Waals surface area contributed by atoms with Gasteiger partial charge in [-0.15, -0.1) is 42.0 Å². The average Bonchev–Trinajstić information content (AvgIpc) is 3.79. The Morgan fingerprint density at radius 2 is 1.54 bits per heavy atom. The Bertz CT molecular complexity index is 2550. The molecule has 263 valence electrons. The van der Waals surface area contributed by atoms with Crippen LogP contribution in [0.2, 0.25) is 0 Å². The van der Waals surface area contributed by atoms with Gasteiger partial charge in [0.2, 0.25) is 0 Å². The number of hydrogen-bond donors (Lipinski definition) is 0. The number of nitrogens with zero attached hydrogens (tertiary/aromatic N) is 3. The van der Waals surface area contributed by atoms with Crippen molar-refractivity contribution < 1.29 is 31.4 Å². The molecule has 52 heavy (non-hydrogen) atoms. The molecule has 0 spiro atoms. The molecule has 0 saturated heterocycles. The number of rotatable bonds is 8. The monoisotopic (exact) mass is 863 g/mol. The molecule has 8 aromatic rings. The molecule has 0 unspecified atom stereocenters. The van der Waals surface area contributed by atoms with Crippen LogP contribution in [0, 0.1) is 19.2 Å². The topological polar surface area (TPSA) is 43.9 Å². The van der Waals surface area contributed by atoms with Gasteiger partial charge in [-0.1, -0.05) is 129 Å². The molecule has 0 aliphatic heterocycles. The first kappa shape index (κ1) is 30.5. The molecule has 0 aliphatic rings. The van der Waals surface area contributed by atoms with Gasteiger partial charge >= 0.3 is 0 Å². The van der Waals surface area contributed by atoms with Gasteiger partial charge in [0, 0.05) is 51.5 Å². The minimum Gasteiger partial charge on any atom is -0.557 e. The third kappa shape index (κ3) is 8.02. The van der Waals surface area contributed by atoms with Crippen molar-refractivity contribution in [2.24, 2.45) is 0 Å². The molecule has 0 aliphatic carbocycles. The van der Waals surface area contributed by atoms with E-state index >= 15 is 0 Å². The maximum absolute atomic E-state index is 8.79. The van der Waals surface area contributed by atoms with Crippen LogP contribution in [-0.2, 0) is 33.0 Å². The van der Waals surface area contributed by atoms with Crippen LogP contribution >= 0.6 is 0 Å². The Morgan fingerprint density at radius 3 is 2.23 bits per heavy atom. The van der Waals surface area contributed by atoms with Gasteiger partial charge in [0.15, 0.2) is 0 Å². The molecular weight excluding hydrogens is 815 g/mol. The summed E-state index contributed by atoms with van der Waals surface area (Å²) in [5, 5.41) is 0.866. The molecule has 1 radical (unpaired) electrons. The van der Waals surface area contributed by atoms with Crippen molar-refractivity contribution in [1.29, 1.82) is 0 Å². The van der Waals surface area contributed by atoms with Crippen molar-refractivity contribution in [3.8, 4) is 22.6 Å². The third-order valence-corrected chi connectivity index (χ3v) is 9.01. The van der Waals surface area contributed by atoms with Crippen molar-refractivity contribution >= 4 is 22.0 Å². The zero-order valence-electron chi connectivity index (χ0n) is 34.6. The van der Waals surface area contributed by atoms with Crippen molar-refractivity contribution in [2.75, 3.05) is 0 Å². The molecule has 5 aromatic carbocycles. The van der Waals surface area contributed by atoms with Gasteiger partial charge in [0.25, 0.3) is 0 Å². The Hall–Kier alpha value is -5.09. The van der Waals surface area contributed by atoms with Crippen molar-refractivity contribution in [2.45, 2.75) is 59.3 Å². The largest absolute Gasteiger partial charge is 0.557 e. The first-order valence-electron chi connectivity index (χ1n) is 19.8. The predicted molar refractivity (Wildman–Crippen MR) is 210 cm³/mol. The minimum atomic E-state index is -2.09. The number of aromatic nitrogens is 3. The quantitative estimate of drug-likeness (QED) is 0.143. The summed E-state index contributed by atoms with van der Waals surface area (Å²) in [4.78, 5) is 9.19. The molecule has 0 atom stereocenters. The maximum Gasteiger partial charge on any atom is 0.0770 e. The van der Waals surface area contributed by atoms with Crippen LogP contribution in [-0.4, -0.2) is 14.5 Å². The summed E-state index contributed by atoms with van der Waals surface area (Å²) in [6, 6.07) is 43.5. The number of fused-ring (bicyclic) bond motifs is 2. The third-order valence-electron chi connectivity index (χ3n) is 9.01. The number of aryl methyl sites for hydroxylation is 1. The molecule has 8 rings (SSSR count). The predicted octanol–water partition coefficient (Wildman–Crippen LogP) is 12.0. The van der Waals surface area contributed by atoms with Crippen LogP contribution in [0.4, 0.5) is 0 Å². The first-order chi connectivity index (χ1) is 26.8. The fourth-order valence-corrected chi connectivity index (χ4v) is 6.48. The smallest absolute Gasteiger partial charge is 0.0770 e. The van der Waals surface area contributed by atoms with E-state index in [1.54, 1.807) is 24.3 Å². The van der Waals surface area contributed by atoms with Crippen LogP contribution in [0.3, 0.4) is 0 Å². The average molecular weight is 863 g/mol. The zero-order valence-corrected chi connectivity index (χ0v) is 32.0. The van der Waals surface area contributed by atoms with E-state index in [2.05, 4.69) is 79.9 Å². The number of imidazole rings is 1. The van der Waals surface area contributed by atoms with Gasteiger partial charge in [-0.3, -0.25) is 4.98 Å². The number of para-hydroxylation sites is 2. The van der Waals surface area contributed by atoms with E-state index in [4.69, 9.17) is 16.3 Å². The van der Waals surface area contributed by atoms with Crippen molar-refractivity contribution in [3.63, 3.8) is 0 Å². The summed E-state index contributed by atoms with van der Waals surface area (Å²) in [5.74, 6) is 1.59. The van der Waals surface area contributed by atoms with E-state index in [0.29, 0.717) is 35.1 Å². The summed E-state index contributed by atoms with van der Waals surface area (Å²) >= 11 is 0. The van der Waals surface area contributed by atoms with E-state index in [9.17, 15) is 0 Å². The molecule has 0 saturated carbocycles. The molecule has 3 heterocycles. The summed E-state index contributed by atoms with van der Waals surface area (Å²) in [5.41, 5.74) is 10.4. The van der Waals surface area contributed by atoms with Crippen LogP contribution in [0.5, 0.6) is 0 Å². The SMILES string of the molecule is [2H]C([2H])([2H])c1ccc(-c2[c-]cccc2)nc1.[2H]C([2H])(c1ccccc1)c1ccc2c(-c3nc4ccccc4n3Cc3c(C(C)C)cccc3C(C)C)[c-]oc2c1.[Ir]. The fourth-order valence-electron chi connectivity index (χ4n) is 6.48. The van der Waals surface area contributed by atoms with E-state index in [1.165, 1.54) is 22.9 Å². The van der Waals surface area contributed by atoms with Gasteiger partial charge < -0.3 is 14.0 Å². The van der Waals surface area contributed by atoms with Gasteiger partial charge in [-0.05, 0) is 70.7 Å². The molecule has 5 heteroatoms. The normalized spacial score (nSPS) is 13.1. The van der Waals surface area contributed by atoms with E-state index in [0.717, 1.165) is 39.1 Å². The zero-order chi connectivity index (χ0) is 39.6.